The van der Waals surface area contributed by atoms with Gasteiger partial charge in [0.1, 0.15) is 0 Å². The summed E-state index contributed by atoms with van der Waals surface area (Å²) in [5.74, 6) is 1.35. The molecule has 0 radical (unpaired) electrons. The molecular formula is C10H16N2. The van der Waals surface area contributed by atoms with Gasteiger partial charge in [0.25, 0.3) is 0 Å². The average molecular weight is 164 g/mol. The number of nitrogens with zero attached hydrogens (tertiary/aromatic N) is 2. The lowest BCUT2D eigenvalue weighted by molar-refractivity contribution is 0.198. The van der Waals surface area contributed by atoms with Gasteiger partial charge in [0.05, 0.1) is 6.07 Å². The zero-order valence-electron chi connectivity index (χ0n) is 7.50. The van der Waals surface area contributed by atoms with Crippen LogP contribution in [0.1, 0.15) is 25.7 Å². The molecule has 0 aromatic carbocycles. The number of rotatable bonds is 2. The molecule has 66 valence electrons. The van der Waals surface area contributed by atoms with Gasteiger partial charge in [0.15, 0.2) is 0 Å². The van der Waals surface area contributed by atoms with Crippen LogP contribution in [0.2, 0.25) is 0 Å². The average Bonchev–Trinajstić information content (AvgIpc) is 2.90. The minimum atomic E-state index is 0.348. The number of piperidine rings is 1. The highest BCUT2D eigenvalue weighted by Crippen LogP contribution is 2.30. The van der Waals surface area contributed by atoms with Gasteiger partial charge in [-0.15, -0.1) is 0 Å². The van der Waals surface area contributed by atoms with Gasteiger partial charge in [-0.3, -0.25) is 0 Å². The predicted molar refractivity (Wildman–Crippen MR) is 47.5 cm³/mol. The van der Waals surface area contributed by atoms with E-state index in [0.29, 0.717) is 5.92 Å². The van der Waals surface area contributed by atoms with Gasteiger partial charge in [0.2, 0.25) is 0 Å². The second-order valence-electron chi connectivity index (χ2n) is 4.15. The maximum Gasteiger partial charge on any atom is 0.0656 e. The van der Waals surface area contributed by atoms with Crippen molar-refractivity contribution in [3.05, 3.63) is 0 Å². The molecule has 0 N–H and O–H groups in total. The lowest BCUT2D eigenvalue weighted by Crippen LogP contribution is -2.34. The fraction of sp³-hybridized carbons (Fsp3) is 0.900. The lowest BCUT2D eigenvalue weighted by Gasteiger charge is -2.28. The molecule has 0 unspecified atom stereocenters. The molecule has 0 amide bonds. The standard InChI is InChI=1S/C10H16N2/c11-7-9-3-5-12(6-4-9)8-10-1-2-10/h9-10H,1-6,8H2. The molecule has 0 bridgehead atoms. The van der Waals surface area contributed by atoms with Crippen LogP contribution in [0.5, 0.6) is 0 Å². The maximum atomic E-state index is 8.70. The highest BCUT2D eigenvalue weighted by atomic mass is 15.1. The molecule has 0 aromatic heterocycles. The molecule has 1 aliphatic carbocycles. The summed E-state index contributed by atoms with van der Waals surface area (Å²) in [5, 5.41) is 8.70. The Morgan fingerprint density at radius 3 is 2.33 bits per heavy atom. The lowest BCUT2D eigenvalue weighted by atomic mass is 9.98. The predicted octanol–water partition coefficient (Wildman–Crippen LogP) is 1.63. The first-order valence-corrected chi connectivity index (χ1v) is 5.00. The van der Waals surface area contributed by atoms with Crippen LogP contribution >= 0.6 is 0 Å². The van der Waals surface area contributed by atoms with Crippen LogP contribution in [0.3, 0.4) is 0 Å². The Hall–Kier alpha value is -0.550. The second kappa shape index (κ2) is 3.45. The fourth-order valence-corrected chi connectivity index (χ4v) is 1.91. The van der Waals surface area contributed by atoms with E-state index in [-0.39, 0.29) is 0 Å². The minimum Gasteiger partial charge on any atom is -0.303 e. The number of likely N-dealkylation sites (tertiary alicyclic amines) is 1. The molecule has 0 atom stereocenters. The van der Waals surface area contributed by atoms with Crippen molar-refractivity contribution in [2.24, 2.45) is 11.8 Å². The molecule has 1 saturated heterocycles. The smallest absolute Gasteiger partial charge is 0.0656 e. The summed E-state index contributed by atoms with van der Waals surface area (Å²) in [6, 6.07) is 2.37. The van der Waals surface area contributed by atoms with Gasteiger partial charge in [0, 0.05) is 12.5 Å². The largest absolute Gasteiger partial charge is 0.303 e. The summed E-state index contributed by atoms with van der Waals surface area (Å²) in [4.78, 5) is 2.53. The van der Waals surface area contributed by atoms with Crippen LogP contribution in [0.4, 0.5) is 0 Å². The quantitative estimate of drug-likeness (QED) is 0.620. The van der Waals surface area contributed by atoms with Crippen LogP contribution in [0.15, 0.2) is 0 Å². The SMILES string of the molecule is N#CC1CCN(CC2CC2)CC1. The number of hydrogen-bond donors (Lipinski definition) is 0. The third-order valence-electron chi connectivity index (χ3n) is 2.98. The van der Waals surface area contributed by atoms with Crippen molar-refractivity contribution in [1.82, 2.24) is 4.90 Å². The third kappa shape index (κ3) is 1.98. The summed E-state index contributed by atoms with van der Waals surface area (Å²) in [5.41, 5.74) is 0. The van der Waals surface area contributed by atoms with Crippen molar-refractivity contribution in [3.8, 4) is 6.07 Å². The molecule has 1 saturated carbocycles. The molecule has 2 nitrogen and oxygen atoms in total. The van der Waals surface area contributed by atoms with Gasteiger partial charge < -0.3 is 4.90 Å². The number of hydrogen-bond acceptors (Lipinski definition) is 2. The van der Waals surface area contributed by atoms with E-state index in [2.05, 4.69) is 11.0 Å². The van der Waals surface area contributed by atoms with Gasteiger partial charge in [-0.25, -0.2) is 0 Å². The monoisotopic (exact) mass is 164 g/mol. The van der Waals surface area contributed by atoms with E-state index in [1.54, 1.807) is 0 Å². The van der Waals surface area contributed by atoms with Gasteiger partial charge in [-0.1, -0.05) is 0 Å². The van der Waals surface area contributed by atoms with Crippen molar-refractivity contribution in [2.45, 2.75) is 25.7 Å². The van der Waals surface area contributed by atoms with Crippen LogP contribution in [0, 0.1) is 23.2 Å². The van der Waals surface area contributed by atoms with Crippen molar-refractivity contribution in [1.29, 1.82) is 5.26 Å². The first kappa shape index (κ1) is 8.07. The zero-order chi connectivity index (χ0) is 8.39. The molecule has 12 heavy (non-hydrogen) atoms. The first-order chi connectivity index (χ1) is 5.88. The third-order valence-corrected chi connectivity index (χ3v) is 2.98. The molecule has 0 spiro atoms. The molecule has 1 aliphatic heterocycles. The van der Waals surface area contributed by atoms with Gasteiger partial charge in [-0.05, 0) is 44.7 Å². The van der Waals surface area contributed by atoms with Crippen molar-refractivity contribution < 1.29 is 0 Å². The molecular weight excluding hydrogens is 148 g/mol. The summed E-state index contributed by atoms with van der Waals surface area (Å²) in [7, 11) is 0. The minimum absolute atomic E-state index is 0.348. The molecule has 2 fully saturated rings. The van der Waals surface area contributed by atoms with E-state index in [0.717, 1.165) is 31.8 Å². The van der Waals surface area contributed by atoms with Gasteiger partial charge in [-0.2, -0.15) is 5.26 Å². The van der Waals surface area contributed by atoms with Crippen molar-refractivity contribution >= 4 is 0 Å². The Kier molecular flexibility index (Phi) is 2.32. The Balaban J connectivity index is 1.71. The highest BCUT2D eigenvalue weighted by Gasteiger charge is 2.26. The molecule has 0 aromatic rings. The zero-order valence-corrected chi connectivity index (χ0v) is 7.50. The first-order valence-electron chi connectivity index (χ1n) is 5.00. The van der Waals surface area contributed by atoms with Gasteiger partial charge >= 0.3 is 0 Å². The van der Waals surface area contributed by atoms with Crippen LogP contribution in [-0.2, 0) is 0 Å². The highest BCUT2D eigenvalue weighted by molar-refractivity contribution is 4.88. The van der Waals surface area contributed by atoms with Crippen LogP contribution < -0.4 is 0 Å². The molecule has 2 aliphatic rings. The summed E-state index contributed by atoms with van der Waals surface area (Å²) in [6.45, 7) is 3.63. The Morgan fingerprint density at radius 2 is 1.83 bits per heavy atom. The van der Waals surface area contributed by atoms with E-state index in [1.165, 1.54) is 19.4 Å². The second-order valence-corrected chi connectivity index (χ2v) is 4.15. The number of nitriles is 1. The van der Waals surface area contributed by atoms with Crippen molar-refractivity contribution in [3.63, 3.8) is 0 Å². The Bertz CT molecular complexity index is 183. The van der Waals surface area contributed by atoms with E-state index in [9.17, 15) is 0 Å². The van der Waals surface area contributed by atoms with E-state index < -0.39 is 0 Å². The van der Waals surface area contributed by atoms with E-state index in [4.69, 9.17) is 5.26 Å². The van der Waals surface area contributed by atoms with Crippen LogP contribution in [-0.4, -0.2) is 24.5 Å². The summed E-state index contributed by atoms with van der Waals surface area (Å²) >= 11 is 0. The summed E-state index contributed by atoms with van der Waals surface area (Å²) in [6.07, 6.45) is 5.09. The van der Waals surface area contributed by atoms with Crippen molar-refractivity contribution in [2.75, 3.05) is 19.6 Å². The molecule has 2 rings (SSSR count). The fourth-order valence-electron chi connectivity index (χ4n) is 1.91. The van der Waals surface area contributed by atoms with E-state index >= 15 is 0 Å². The Labute approximate surface area is 74.2 Å². The maximum absolute atomic E-state index is 8.70. The van der Waals surface area contributed by atoms with E-state index in [1.807, 2.05) is 0 Å². The normalized spacial score (nSPS) is 26.9. The topological polar surface area (TPSA) is 27.0 Å². The van der Waals surface area contributed by atoms with Crippen LogP contribution in [0.25, 0.3) is 0 Å². The summed E-state index contributed by atoms with van der Waals surface area (Å²) < 4.78 is 0. The molecule has 1 heterocycles. The molecule has 2 heteroatoms. The Morgan fingerprint density at radius 1 is 1.17 bits per heavy atom.